The monoisotopic (exact) mass is 320 g/mol. The third-order valence-electron chi connectivity index (χ3n) is 3.89. The molecule has 0 saturated carbocycles. The highest BCUT2D eigenvalue weighted by Gasteiger charge is 2.15. The van der Waals surface area contributed by atoms with Crippen LogP contribution in [-0.2, 0) is 0 Å². The molecule has 0 spiro atoms. The SMILES string of the molecule is Cc1ccccc1C(F)c1cccc(Oc2ccccc2C=O)c1. The van der Waals surface area contributed by atoms with Gasteiger partial charge in [0.1, 0.15) is 11.5 Å². The Morgan fingerprint density at radius 2 is 1.71 bits per heavy atom. The number of hydrogen-bond donors (Lipinski definition) is 0. The molecule has 2 nitrogen and oxygen atoms in total. The zero-order chi connectivity index (χ0) is 16.9. The quantitative estimate of drug-likeness (QED) is 0.567. The van der Waals surface area contributed by atoms with Crippen molar-refractivity contribution in [2.24, 2.45) is 0 Å². The molecule has 0 heterocycles. The molecule has 0 radical (unpaired) electrons. The first-order chi connectivity index (χ1) is 11.7. The topological polar surface area (TPSA) is 26.3 Å². The van der Waals surface area contributed by atoms with Gasteiger partial charge >= 0.3 is 0 Å². The van der Waals surface area contributed by atoms with Crippen molar-refractivity contribution in [1.82, 2.24) is 0 Å². The molecule has 24 heavy (non-hydrogen) atoms. The van der Waals surface area contributed by atoms with Gasteiger partial charge in [-0.15, -0.1) is 0 Å². The molecule has 0 bridgehead atoms. The zero-order valence-electron chi connectivity index (χ0n) is 13.3. The lowest BCUT2D eigenvalue weighted by atomic mass is 9.98. The summed E-state index contributed by atoms with van der Waals surface area (Å²) in [5, 5.41) is 0. The van der Waals surface area contributed by atoms with E-state index in [-0.39, 0.29) is 0 Å². The number of ether oxygens (including phenoxy) is 1. The van der Waals surface area contributed by atoms with Crippen LogP contribution in [0.4, 0.5) is 4.39 Å². The molecular formula is C21H17FO2. The van der Waals surface area contributed by atoms with Crippen LogP contribution in [-0.4, -0.2) is 6.29 Å². The van der Waals surface area contributed by atoms with Gasteiger partial charge in [0.05, 0.1) is 5.56 Å². The number of carbonyl (C=O) groups excluding carboxylic acids is 1. The maximum Gasteiger partial charge on any atom is 0.153 e. The van der Waals surface area contributed by atoms with Crippen molar-refractivity contribution in [3.63, 3.8) is 0 Å². The molecule has 3 aromatic rings. The minimum atomic E-state index is -1.23. The van der Waals surface area contributed by atoms with Gasteiger partial charge in [-0.1, -0.05) is 48.5 Å². The minimum Gasteiger partial charge on any atom is -0.457 e. The lowest BCUT2D eigenvalue weighted by Crippen LogP contribution is -1.98. The van der Waals surface area contributed by atoms with Crippen molar-refractivity contribution in [3.05, 3.63) is 95.1 Å². The molecule has 0 aliphatic rings. The van der Waals surface area contributed by atoms with Crippen molar-refractivity contribution in [2.45, 2.75) is 13.1 Å². The van der Waals surface area contributed by atoms with E-state index in [0.29, 0.717) is 28.2 Å². The highest BCUT2D eigenvalue weighted by atomic mass is 19.1. The highest BCUT2D eigenvalue weighted by molar-refractivity contribution is 5.79. The average Bonchev–Trinajstić information content (AvgIpc) is 2.62. The Bertz CT molecular complexity index is 858. The molecule has 0 aromatic heterocycles. The third-order valence-corrected chi connectivity index (χ3v) is 3.89. The van der Waals surface area contributed by atoms with Crippen molar-refractivity contribution >= 4 is 6.29 Å². The summed E-state index contributed by atoms with van der Waals surface area (Å²) in [4.78, 5) is 11.1. The Labute approximate surface area is 140 Å². The highest BCUT2D eigenvalue weighted by Crippen LogP contribution is 2.32. The van der Waals surface area contributed by atoms with Crippen molar-refractivity contribution in [1.29, 1.82) is 0 Å². The Balaban J connectivity index is 1.89. The van der Waals surface area contributed by atoms with Gasteiger partial charge in [-0.05, 0) is 47.9 Å². The van der Waals surface area contributed by atoms with Gasteiger partial charge in [-0.25, -0.2) is 4.39 Å². The minimum absolute atomic E-state index is 0.455. The largest absolute Gasteiger partial charge is 0.457 e. The second-order valence-electron chi connectivity index (χ2n) is 5.55. The number of halogens is 1. The maximum absolute atomic E-state index is 14.9. The van der Waals surface area contributed by atoms with E-state index < -0.39 is 6.17 Å². The zero-order valence-corrected chi connectivity index (χ0v) is 13.3. The fourth-order valence-corrected chi connectivity index (χ4v) is 2.58. The Kier molecular flexibility index (Phi) is 4.71. The summed E-state index contributed by atoms with van der Waals surface area (Å²) in [6.45, 7) is 1.89. The summed E-state index contributed by atoms with van der Waals surface area (Å²) in [6, 6.07) is 21.2. The molecule has 0 aliphatic carbocycles. The second kappa shape index (κ2) is 7.09. The van der Waals surface area contributed by atoms with E-state index in [2.05, 4.69) is 0 Å². The average molecular weight is 320 g/mol. The molecular weight excluding hydrogens is 303 g/mol. The van der Waals surface area contributed by atoms with E-state index in [1.807, 2.05) is 25.1 Å². The summed E-state index contributed by atoms with van der Waals surface area (Å²) in [5.74, 6) is 0.953. The van der Waals surface area contributed by atoms with Crippen LogP contribution in [0.25, 0.3) is 0 Å². The third kappa shape index (κ3) is 3.35. The van der Waals surface area contributed by atoms with E-state index in [4.69, 9.17) is 4.74 Å². The van der Waals surface area contributed by atoms with Crippen LogP contribution < -0.4 is 4.74 Å². The van der Waals surface area contributed by atoms with E-state index in [1.54, 1.807) is 54.6 Å². The number of alkyl halides is 1. The van der Waals surface area contributed by atoms with Crippen molar-refractivity contribution in [2.75, 3.05) is 0 Å². The van der Waals surface area contributed by atoms with Crippen molar-refractivity contribution in [3.8, 4) is 11.5 Å². The smallest absolute Gasteiger partial charge is 0.153 e. The Hall–Kier alpha value is -2.94. The van der Waals surface area contributed by atoms with Crippen LogP contribution in [0.3, 0.4) is 0 Å². The number of benzene rings is 3. The number of rotatable bonds is 5. The molecule has 1 unspecified atom stereocenters. The van der Waals surface area contributed by atoms with E-state index in [0.717, 1.165) is 11.8 Å². The van der Waals surface area contributed by atoms with Crippen LogP contribution in [0.5, 0.6) is 11.5 Å². The van der Waals surface area contributed by atoms with Gasteiger partial charge < -0.3 is 4.74 Å². The summed E-state index contributed by atoms with van der Waals surface area (Å²) < 4.78 is 20.6. The van der Waals surface area contributed by atoms with Crippen LogP contribution in [0.1, 0.15) is 33.2 Å². The number of aldehydes is 1. The van der Waals surface area contributed by atoms with Gasteiger partial charge in [-0.2, -0.15) is 0 Å². The van der Waals surface area contributed by atoms with Crippen LogP contribution in [0.2, 0.25) is 0 Å². The molecule has 0 saturated heterocycles. The fourth-order valence-electron chi connectivity index (χ4n) is 2.58. The number of para-hydroxylation sites is 1. The molecule has 0 amide bonds. The predicted molar refractivity (Wildman–Crippen MR) is 92.5 cm³/mol. The van der Waals surface area contributed by atoms with E-state index in [9.17, 15) is 9.18 Å². The first-order valence-electron chi connectivity index (χ1n) is 7.70. The first kappa shape index (κ1) is 15.9. The van der Waals surface area contributed by atoms with Gasteiger partial charge in [0.15, 0.2) is 12.5 Å². The molecule has 0 fully saturated rings. The maximum atomic E-state index is 14.9. The Morgan fingerprint density at radius 3 is 2.50 bits per heavy atom. The summed E-state index contributed by atoms with van der Waals surface area (Å²) in [5.41, 5.74) is 2.52. The summed E-state index contributed by atoms with van der Waals surface area (Å²) in [7, 11) is 0. The molecule has 0 aliphatic heterocycles. The van der Waals surface area contributed by atoms with Gasteiger partial charge in [0, 0.05) is 0 Å². The van der Waals surface area contributed by atoms with E-state index in [1.165, 1.54) is 0 Å². The second-order valence-corrected chi connectivity index (χ2v) is 5.55. The standard InChI is InChI=1S/C21H17FO2/c1-15-7-2-4-11-19(15)21(22)16-9-6-10-18(13-16)24-20-12-5-3-8-17(20)14-23/h2-14,21H,1H3. The van der Waals surface area contributed by atoms with Crippen LogP contribution in [0.15, 0.2) is 72.8 Å². The molecule has 0 N–H and O–H groups in total. The molecule has 3 aromatic carbocycles. The van der Waals surface area contributed by atoms with E-state index >= 15 is 0 Å². The van der Waals surface area contributed by atoms with Crippen molar-refractivity contribution < 1.29 is 13.9 Å². The summed E-state index contributed by atoms with van der Waals surface area (Å²) >= 11 is 0. The lowest BCUT2D eigenvalue weighted by molar-refractivity contribution is 0.112. The van der Waals surface area contributed by atoms with Gasteiger partial charge in [0.2, 0.25) is 0 Å². The predicted octanol–water partition coefficient (Wildman–Crippen LogP) is 5.66. The molecule has 3 heteroatoms. The Morgan fingerprint density at radius 1 is 0.958 bits per heavy atom. The normalized spacial score (nSPS) is 11.8. The first-order valence-corrected chi connectivity index (χ1v) is 7.70. The number of aryl methyl sites for hydroxylation is 1. The van der Waals surface area contributed by atoms with Crippen LogP contribution >= 0.6 is 0 Å². The van der Waals surface area contributed by atoms with Gasteiger partial charge in [-0.3, -0.25) is 4.79 Å². The number of carbonyl (C=O) groups is 1. The summed E-state index contributed by atoms with van der Waals surface area (Å²) in [6.07, 6.45) is -0.485. The number of hydrogen-bond acceptors (Lipinski definition) is 2. The molecule has 120 valence electrons. The molecule has 1 atom stereocenters. The van der Waals surface area contributed by atoms with Gasteiger partial charge in [0.25, 0.3) is 0 Å². The fraction of sp³-hybridized carbons (Fsp3) is 0.0952. The molecule has 3 rings (SSSR count). The lowest BCUT2D eigenvalue weighted by Gasteiger charge is -2.14. The van der Waals surface area contributed by atoms with Crippen LogP contribution in [0, 0.1) is 6.92 Å².